The van der Waals surface area contributed by atoms with E-state index in [4.69, 9.17) is 20.6 Å². The van der Waals surface area contributed by atoms with Crippen molar-refractivity contribution in [3.05, 3.63) is 33.1 Å². The molecule has 3 fully saturated rings. The van der Waals surface area contributed by atoms with Crippen LogP contribution in [0.15, 0.2) is 21.9 Å². The van der Waals surface area contributed by atoms with E-state index in [1.165, 1.54) is 16.8 Å². The fourth-order valence-corrected chi connectivity index (χ4v) is 4.58. The van der Waals surface area contributed by atoms with Crippen LogP contribution < -0.4 is 11.2 Å². The van der Waals surface area contributed by atoms with E-state index in [-0.39, 0.29) is 6.10 Å². The first kappa shape index (κ1) is 16.3. The van der Waals surface area contributed by atoms with E-state index in [1.54, 1.807) is 0 Å². The van der Waals surface area contributed by atoms with Gasteiger partial charge in [0.1, 0.15) is 6.10 Å². The Hall–Kier alpha value is -1.15. The topological polar surface area (TPSA) is 82.6 Å². The number of alkyl halides is 1. The van der Waals surface area contributed by atoms with Crippen LogP contribution in [0.5, 0.6) is 0 Å². The smallest absolute Gasteiger partial charge is 0.330 e. The fourth-order valence-electron chi connectivity index (χ4n) is 3.91. The Kier molecular flexibility index (Phi) is 3.87. The molecular weight excluding hydrogens is 427 g/mol. The van der Waals surface area contributed by atoms with Gasteiger partial charge in [0.15, 0.2) is 12.0 Å². The lowest BCUT2D eigenvalue weighted by atomic mass is 9.95. The van der Waals surface area contributed by atoms with Crippen LogP contribution >= 0.6 is 22.6 Å². The first-order valence-electron chi connectivity index (χ1n) is 7.92. The average Bonchev–Trinajstić information content (AvgIpc) is 3.22. The Morgan fingerprint density at radius 2 is 2.17 bits per heavy atom. The molecule has 0 aromatic carbocycles. The van der Waals surface area contributed by atoms with Gasteiger partial charge in [-0.05, 0) is 12.8 Å². The number of nitrogens with one attached hydrogen (secondary N) is 1. The van der Waals surface area contributed by atoms with Crippen molar-refractivity contribution < 1.29 is 14.2 Å². The molecular formula is C16H17IN2O5. The minimum Gasteiger partial charge on any atom is -0.347 e. The highest BCUT2D eigenvalue weighted by molar-refractivity contribution is 14.1. The van der Waals surface area contributed by atoms with Gasteiger partial charge in [0.25, 0.3) is 5.56 Å². The van der Waals surface area contributed by atoms with Gasteiger partial charge in [-0.3, -0.25) is 14.3 Å². The van der Waals surface area contributed by atoms with Crippen LogP contribution in [0, 0.1) is 12.3 Å². The summed E-state index contributed by atoms with van der Waals surface area (Å²) in [5.41, 5.74) is -2.23. The second-order valence-corrected chi connectivity index (χ2v) is 7.28. The van der Waals surface area contributed by atoms with Gasteiger partial charge < -0.3 is 14.2 Å². The van der Waals surface area contributed by atoms with Crippen molar-refractivity contribution >= 4 is 22.6 Å². The first-order chi connectivity index (χ1) is 11.5. The molecule has 2 saturated heterocycles. The molecule has 4 atom stereocenters. The van der Waals surface area contributed by atoms with E-state index < -0.39 is 35.0 Å². The summed E-state index contributed by atoms with van der Waals surface area (Å²) in [5.74, 6) is 2.03. The maximum absolute atomic E-state index is 12.2. The van der Waals surface area contributed by atoms with Gasteiger partial charge in [-0.1, -0.05) is 28.5 Å². The summed E-state index contributed by atoms with van der Waals surface area (Å²) in [6.45, 7) is 0. The van der Waals surface area contributed by atoms with Crippen LogP contribution in [0.2, 0.25) is 0 Å². The maximum Gasteiger partial charge on any atom is 0.330 e. The predicted molar refractivity (Wildman–Crippen MR) is 92.8 cm³/mol. The second-order valence-electron chi connectivity index (χ2n) is 6.39. The Morgan fingerprint density at radius 3 is 2.79 bits per heavy atom. The van der Waals surface area contributed by atoms with E-state index in [9.17, 15) is 9.59 Å². The lowest BCUT2D eigenvalue weighted by Gasteiger charge is -2.30. The summed E-state index contributed by atoms with van der Waals surface area (Å²) in [4.78, 5) is 25.8. The number of fused-ring (bicyclic) bond motifs is 1. The van der Waals surface area contributed by atoms with E-state index >= 15 is 0 Å². The standard InChI is InChI=1S/C16H17IN2O5/c1-2-16-12(23-15(24-16)6-3-4-7-15)10(9-17)22-13(16)19-8-5-11(20)18-14(19)21/h1,5,8,10,12-13H,3-4,6-7,9H2,(H,18,20,21)/t10-,12-,13?,16-/m1/s1. The lowest BCUT2D eigenvalue weighted by molar-refractivity contribution is -0.221. The summed E-state index contributed by atoms with van der Waals surface area (Å²) in [6, 6.07) is 1.27. The molecule has 1 saturated carbocycles. The van der Waals surface area contributed by atoms with Gasteiger partial charge in [0.05, 0.1) is 6.10 Å². The number of aromatic nitrogens is 2. The highest BCUT2D eigenvalue weighted by atomic mass is 127. The molecule has 7 nitrogen and oxygen atoms in total. The predicted octanol–water partition coefficient (Wildman–Crippen LogP) is 0.927. The Morgan fingerprint density at radius 1 is 1.42 bits per heavy atom. The number of halogens is 1. The Balaban J connectivity index is 1.81. The third kappa shape index (κ3) is 2.22. The largest absolute Gasteiger partial charge is 0.347 e. The van der Waals surface area contributed by atoms with Crippen molar-refractivity contribution in [3.63, 3.8) is 0 Å². The number of terminal acetylenes is 1. The summed E-state index contributed by atoms with van der Waals surface area (Å²) in [6.07, 6.45) is 9.30. The lowest BCUT2D eigenvalue weighted by Crippen LogP contribution is -2.47. The van der Waals surface area contributed by atoms with E-state index in [0.29, 0.717) is 4.43 Å². The van der Waals surface area contributed by atoms with Crippen LogP contribution in [0.4, 0.5) is 0 Å². The Bertz CT molecular complexity index is 806. The van der Waals surface area contributed by atoms with Crippen molar-refractivity contribution in [1.29, 1.82) is 0 Å². The van der Waals surface area contributed by atoms with E-state index in [0.717, 1.165) is 25.7 Å². The molecule has 1 N–H and O–H groups in total. The monoisotopic (exact) mass is 444 g/mol. The molecule has 4 rings (SSSR count). The SMILES string of the molecule is C#C[C@@]12OC3(CCCC3)O[C@@H]1[C@@H](CI)OC2n1ccc(=O)[nH]c1=O. The summed E-state index contributed by atoms with van der Waals surface area (Å²) in [7, 11) is 0. The molecule has 1 unspecified atom stereocenters. The molecule has 8 heteroatoms. The van der Waals surface area contributed by atoms with Crippen LogP contribution in [0.1, 0.15) is 31.9 Å². The van der Waals surface area contributed by atoms with Gasteiger partial charge in [-0.2, -0.15) is 0 Å². The minimum absolute atomic E-state index is 0.287. The number of H-pyrrole nitrogens is 1. The summed E-state index contributed by atoms with van der Waals surface area (Å²) < 4.78 is 20.5. The molecule has 1 aliphatic carbocycles. The molecule has 3 aliphatic rings. The number of hydrogen-bond donors (Lipinski definition) is 1. The van der Waals surface area contributed by atoms with Crippen LogP contribution in [-0.2, 0) is 14.2 Å². The number of aromatic amines is 1. The average molecular weight is 444 g/mol. The maximum atomic E-state index is 12.2. The molecule has 24 heavy (non-hydrogen) atoms. The van der Waals surface area contributed by atoms with E-state index in [2.05, 4.69) is 33.5 Å². The van der Waals surface area contributed by atoms with Gasteiger partial charge in [-0.15, -0.1) is 6.42 Å². The third-order valence-corrected chi connectivity index (χ3v) is 5.84. The number of rotatable bonds is 2. The fraction of sp³-hybridized carbons (Fsp3) is 0.625. The zero-order valence-electron chi connectivity index (χ0n) is 12.9. The van der Waals surface area contributed by atoms with Gasteiger partial charge in [0.2, 0.25) is 5.60 Å². The molecule has 0 amide bonds. The van der Waals surface area contributed by atoms with Gasteiger partial charge in [0, 0.05) is 29.5 Å². The van der Waals surface area contributed by atoms with Crippen LogP contribution in [0.25, 0.3) is 0 Å². The van der Waals surface area contributed by atoms with E-state index in [1.807, 2.05) is 0 Å². The van der Waals surface area contributed by atoms with Crippen molar-refractivity contribution in [2.24, 2.45) is 0 Å². The molecule has 1 spiro atoms. The summed E-state index contributed by atoms with van der Waals surface area (Å²) in [5, 5.41) is 0. The molecule has 0 radical (unpaired) electrons. The van der Waals surface area contributed by atoms with Crippen LogP contribution in [-0.4, -0.2) is 37.6 Å². The van der Waals surface area contributed by atoms with Crippen molar-refractivity contribution in [2.45, 2.75) is 55.5 Å². The quantitative estimate of drug-likeness (QED) is 0.417. The molecule has 0 bridgehead atoms. The number of nitrogens with zero attached hydrogens (tertiary/aromatic N) is 1. The third-order valence-electron chi connectivity index (χ3n) is 4.97. The zero-order chi connectivity index (χ0) is 16.9. The van der Waals surface area contributed by atoms with Crippen LogP contribution in [0.3, 0.4) is 0 Å². The normalized spacial score (nSPS) is 36.8. The van der Waals surface area contributed by atoms with Gasteiger partial charge in [-0.25, -0.2) is 4.79 Å². The summed E-state index contributed by atoms with van der Waals surface area (Å²) >= 11 is 2.21. The highest BCUT2D eigenvalue weighted by Crippen LogP contribution is 2.55. The molecule has 3 heterocycles. The van der Waals surface area contributed by atoms with Crippen molar-refractivity contribution in [1.82, 2.24) is 9.55 Å². The zero-order valence-corrected chi connectivity index (χ0v) is 15.0. The first-order valence-corrected chi connectivity index (χ1v) is 9.45. The molecule has 1 aromatic rings. The molecule has 128 valence electrons. The Labute approximate surface area is 151 Å². The minimum atomic E-state index is -1.18. The second kappa shape index (κ2) is 5.69. The molecule has 1 aromatic heterocycles. The van der Waals surface area contributed by atoms with Gasteiger partial charge >= 0.3 is 5.69 Å². The number of hydrogen-bond acceptors (Lipinski definition) is 5. The van der Waals surface area contributed by atoms with Crippen molar-refractivity contribution in [3.8, 4) is 12.3 Å². The highest BCUT2D eigenvalue weighted by Gasteiger charge is 2.68. The van der Waals surface area contributed by atoms with Crippen molar-refractivity contribution in [2.75, 3.05) is 4.43 Å². The number of ether oxygens (including phenoxy) is 3. The molecule has 2 aliphatic heterocycles.